The number of hydrogen-bond acceptors (Lipinski definition) is 7. The second-order valence-electron chi connectivity index (χ2n) is 6.15. The fraction of sp³-hybridized carbons (Fsp3) is 0.0476. The van der Waals surface area contributed by atoms with E-state index in [0.29, 0.717) is 22.0 Å². The van der Waals surface area contributed by atoms with Crippen molar-refractivity contribution in [2.24, 2.45) is 0 Å². The molecule has 0 N–H and O–H groups in total. The number of furan rings is 1. The first-order valence-corrected chi connectivity index (χ1v) is 10.2. The molecule has 0 saturated carbocycles. The topological polar surface area (TPSA) is 93.0 Å². The number of hydrogen-bond donors (Lipinski definition) is 0. The molecule has 2 aromatic carbocycles. The number of nitriles is 1. The Balaban J connectivity index is 1.62. The number of benzene rings is 2. The van der Waals surface area contributed by atoms with E-state index in [1.807, 2.05) is 24.3 Å². The van der Waals surface area contributed by atoms with Gasteiger partial charge in [-0.2, -0.15) is 5.26 Å². The Morgan fingerprint density at radius 3 is 2.86 bits per heavy atom. The molecule has 0 saturated heterocycles. The summed E-state index contributed by atoms with van der Waals surface area (Å²) < 4.78 is 7.59. The molecule has 0 atom stereocenters. The Labute approximate surface area is 174 Å². The molecule has 29 heavy (non-hydrogen) atoms. The SMILES string of the molecule is Cc1ccc(-c2ccc(/C=C(\C#N)Sc3nc4ccccc4s3)o2)c([N+](=O)[O-])c1. The quantitative estimate of drug-likeness (QED) is 0.160. The zero-order valence-electron chi connectivity index (χ0n) is 15.2. The summed E-state index contributed by atoms with van der Waals surface area (Å²) in [6, 6.07) is 18.3. The molecule has 0 radical (unpaired) electrons. The smallest absolute Gasteiger partial charge is 0.280 e. The minimum atomic E-state index is -0.427. The van der Waals surface area contributed by atoms with Gasteiger partial charge < -0.3 is 4.42 Å². The zero-order valence-corrected chi connectivity index (χ0v) is 16.8. The Kier molecular flexibility index (Phi) is 5.16. The molecule has 0 aliphatic carbocycles. The molecule has 4 aromatic rings. The summed E-state index contributed by atoms with van der Waals surface area (Å²) in [7, 11) is 0. The van der Waals surface area contributed by atoms with E-state index < -0.39 is 4.92 Å². The van der Waals surface area contributed by atoms with E-state index >= 15 is 0 Å². The van der Waals surface area contributed by atoms with Crippen LogP contribution in [0, 0.1) is 28.4 Å². The molecule has 2 aromatic heterocycles. The van der Waals surface area contributed by atoms with Crippen LogP contribution in [0.1, 0.15) is 11.3 Å². The molecule has 0 amide bonds. The number of allylic oxidation sites excluding steroid dienone is 1. The Hall–Kier alpha value is -3.41. The van der Waals surface area contributed by atoms with Gasteiger partial charge in [0.15, 0.2) is 4.34 Å². The van der Waals surface area contributed by atoms with Crippen LogP contribution in [-0.2, 0) is 0 Å². The molecular weight excluding hydrogens is 406 g/mol. The van der Waals surface area contributed by atoms with Crippen LogP contribution >= 0.6 is 23.1 Å². The fourth-order valence-electron chi connectivity index (χ4n) is 2.78. The summed E-state index contributed by atoms with van der Waals surface area (Å²) in [6.45, 7) is 1.80. The molecule has 142 valence electrons. The largest absolute Gasteiger partial charge is 0.456 e. The predicted molar refractivity (Wildman–Crippen MR) is 115 cm³/mol. The van der Waals surface area contributed by atoms with Crippen molar-refractivity contribution < 1.29 is 9.34 Å². The first kappa shape index (κ1) is 18.9. The van der Waals surface area contributed by atoms with Crippen LogP contribution in [0.2, 0.25) is 0 Å². The molecule has 4 rings (SSSR count). The summed E-state index contributed by atoms with van der Waals surface area (Å²) in [5.74, 6) is 0.824. The van der Waals surface area contributed by atoms with E-state index in [2.05, 4.69) is 11.1 Å². The monoisotopic (exact) mass is 419 g/mol. The second kappa shape index (κ2) is 7.91. The van der Waals surface area contributed by atoms with E-state index in [-0.39, 0.29) is 5.69 Å². The third-order valence-corrected chi connectivity index (χ3v) is 6.12. The van der Waals surface area contributed by atoms with E-state index in [4.69, 9.17) is 4.42 Å². The number of nitro groups is 1. The Morgan fingerprint density at radius 2 is 2.10 bits per heavy atom. The normalized spacial score (nSPS) is 11.5. The number of para-hydroxylation sites is 1. The maximum Gasteiger partial charge on any atom is 0.280 e. The molecule has 0 unspecified atom stereocenters. The van der Waals surface area contributed by atoms with E-state index in [1.165, 1.54) is 29.2 Å². The number of nitrogens with zero attached hydrogens (tertiary/aromatic N) is 3. The number of aryl methyl sites for hydroxylation is 1. The van der Waals surface area contributed by atoms with Crippen LogP contribution < -0.4 is 0 Å². The van der Waals surface area contributed by atoms with Crippen molar-refractivity contribution in [3.05, 3.63) is 80.9 Å². The van der Waals surface area contributed by atoms with Gasteiger partial charge in [0, 0.05) is 12.1 Å². The second-order valence-corrected chi connectivity index (χ2v) is 8.47. The van der Waals surface area contributed by atoms with Crippen molar-refractivity contribution in [3.63, 3.8) is 0 Å². The van der Waals surface area contributed by atoms with Gasteiger partial charge in [-0.1, -0.05) is 18.2 Å². The van der Waals surface area contributed by atoms with E-state index in [0.717, 1.165) is 20.1 Å². The molecule has 0 aliphatic heterocycles. The van der Waals surface area contributed by atoms with Gasteiger partial charge in [0.2, 0.25) is 0 Å². The van der Waals surface area contributed by atoms with Gasteiger partial charge in [-0.3, -0.25) is 10.1 Å². The number of nitro benzene ring substituents is 1. The van der Waals surface area contributed by atoms with Crippen LogP contribution in [0.15, 0.2) is 68.3 Å². The molecule has 0 aliphatic rings. The van der Waals surface area contributed by atoms with Gasteiger partial charge in [0.05, 0.1) is 25.6 Å². The van der Waals surface area contributed by atoms with Crippen LogP contribution in [-0.4, -0.2) is 9.91 Å². The van der Waals surface area contributed by atoms with Gasteiger partial charge in [-0.25, -0.2) is 4.98 Å². The van der Waals surface area contributed by atoms with Crippen molar-refractivity contribution in [2.45, 2.75) is 11.3 Å². The van der Waals surface area contributed by atoms with E-state index in [1.54, 1.807) is 37.3 Å². The maximum atomic E-state index is 11.4. The highest BCUT2D eigenvalue weighted by molar-refractivity contribution is 8.05. The molecule has 0 spiro atoms. The highest BCUT2D eigenvalue weighted by Crippen LogP contribution is 2.36. The molecule has 8 heteroatoms. The third kappa shape index (κ3) is 4.06. The van der Waals surface area contributed by atoms with Gasteiger partial charge in [0.25, 0.3) is 5.69 Å². The zero-order chi connectivity index (χ0) is 20.4. The van der Waals surface area contributed by atoms with Gasteiger partial charge in [0.1, 0.15) is 17.6 Å². The van der Waals surface area contributed by atoms with Gasteiger partial charge in [-0.15, -0.1) is 11.3 Å². The first-order chi connectivity index (χ1) is 14.0. The van der Waals surface area contributed by atoms with Crippen molar-refractivity contribution in [3.8, 4) is 17.4 Å². The minimum Gasteiger partial charge on any atom is -0.456 e. The van der Waals surface area contributed by atoms with Crippen LogP contribution in [0.25, 0.3) is 27.6 Å². The summed E-state index contributed by atoms with van der Waals surface area (Å²) in [5.41, 5.74) is 2.08. The Bertz CT molecular complexity index is 1260. The van der Waals surface area contributed by atoms with Crippen molar-refractivity contribution in [1.29, 1.82) is 5.26 Å². The summed E-state index contributed by atoms with van der Waals surface area (Å²) in [5, 5.41) is 20.9. The van der Waals surface area contributed by atoms with Crippen molar-refractivity contribution in [1.82, 2.24) is 4.98 Å². The molecule has 6 nitrogen and oxygen atoms in total. The van der Waals surface area contributed by atoms with Gasteiger partial charge >= 0.3 is 0 Å². The van der Waals surface area contributed by atoms with Gasteiger partial charge in [-0.05, 0) is 54.6 Å². The summed E-state index contributed by atoms with van der Waals surface area (Å²) in [4.78, 5) is 15.9. The lowest BCUT2D eigenvalue weighted by molar-refractivity contribution is -0.384. The predicted octanol–water partition coefficient (Wildman–Crippen LogP) is 6.43. The molecule has 0 bridgehead atoms. The summed E-state index contributed by atoms with van der Waals surface area (Å²) >= 11 is 2.78. The maximum absolute atomic E-state index is 11.4. The fourth-order valence-corrected chi connectivity index (χ4v) is 4.73. The standard InChI is InChI=1S/C21H13N3O3S2/c1-13-6-8-16(18(10-13)24(25)26)19-9-7-14(27-19)11-15(12-22)28-21-23-17-4-2-3-5-20(17)29-21/h2-11H,1H3/b15-11+. The third-order valence-electron chi connectivity index (χ3n) is 4.10. The highest BCUT2D eigenvalue weighted by Gasteiger charge is 2.18. The summed E-state index contributed by atoms with van der Waals surface area (Å²) in [6.07, 6.45) is 1.61. The van der Waals surface area contributed by atoms with Crippen LogP contribution in [0.4, 0.5) is 5.69 Å². The molecule has 0 fully saturated rings. The number of thiazole rings is 1. The number of aromatic nitrogens is 1. The lowest BCUT2D eigenvalue weighted by atomic mass is 10.1. The number of rotatable bonds is 5. The minimum absolute atomic E-state index is 0.0146. The highest BCUT2D eigenvalue weighted by atomic mass is 32.2. The average molecular weight is 419 g/mol. The number of thioether (sulfide) groups is 1. The van der Waals surface area contributed by atoms with E-state index in [9.17, 15) is 15.4 Å². The lowest BCUT2D eigenvalue weighted by Gasteiger charge is -2.01. The first-order valence-electron chi connectivity index (χ1n) is 8.54. The molecular formula is C21H13N3O3S2. The van der Waals surface area contributed by atoms with Crippen LogP contribution in [0.3, 0.4) is 0 Å². The number of fused-ring (bicyclic) bond motifs is 1. The Morgan fingerprint density at radius 1 is 1.28 bits per heavy atom. The lowest BCUT2D eigenvalue weighted by Crippen LogP contribution is -1.92. The molecule has 2 heterocycles. The van der Waals surface area contributed by atoms with Crippen molar-refractivity contribution in [2.75, 3.05) is 0 Å². The van der Waals surface area contributed by atoms with Crippen molar-refractivity contribution >= 4 is 45.1 Å². The van der Waals surface area contributed by atoms with Crippen LogP contribution in [0.5, 0.6) is 0 Å². The average Bonchev–Trinajstić information content (AvgIpc) is 3.33.